The molecule has 0 amide bonds. The maximum absolute atomic E-state index is 13.9. The first-order chi connectivity index (χ1) is 13.9. The third kappa shape index (κ3) is 8.73. The molecule has 0 saturated heterocycles. The van der Waals surface area contributed by atoms with Crippen molar-refractivity contribution < 1.29 is 19.0 Å². The maximum Gasteiger partial charge on any atom is 0.303 e. The van der Waals surface area contributed by atoms with Crippen molar-refractivity contribution in [3.8, 4) is 11.9 Å². The third-order valence-electron chi connectivity index (χ3n) is 4.30. The molecule has 0 fully saturated rings. The number of benzene rings is 1. The molecule has 0 aliphatic carbocycles. The second-order valence-corrected chi connectivity index (χ2v) is 6.63. The van der Waals surface area contributed by atoms with Crippen LogP contribution in [0, 0.1) is 17.1 Å². The van der Waals surface area contributed by atoms with E-state index in [1.54, 1.807) is 25.1 Å². The van der Waals surface area contributed by atoms with Gasteiger partial charge in [-0.25, -0.2) is 9.37 Å². The molecule has 0 unspecified atom stereocenters. The van der Waals surface area contributed by atoms with E-state index in [0.717, 1.165) is 31.4 Å². The summed E-state index contributed by atoms with van der Waals surface area (Å²) >= 11 is 0. The van der Waals surface area contributed by atoms with E-state index >= 15 is 0 Å². The van der Waals surface area contributed by atoms with Crippen molar-refractivity contribution in [3.05, 3.63) is 59.0 Å². The molecule has 1 heterocycles. The Morgan fingerprint density at radius 1 is 1.21 bits per heavy atom. The van der Waals surface area contributed by atoms with Gasteiger partial charge in [0.2, 0.25) is 5.88 Å². The van der Waals surface area contributed by atoms with Gasteiger partial charge < -0.3 is 9.84 Å². The molecule has 1 aromatic heterocycles. The van der Waals surface area contributed by atoms with Gasteiger partial charge in [0.15, 0.2) is 0 Å². The highest BCUT2D eigenvalue weighted by molar-refractivity contribution is 5.66. The molecule has 0 spiro atoms. The first kappa shape index (κ1) is 24.1. The van der Waals surface area contributed by atoms with E-state index in [2.05, 4.69) is 18.8 Å². The average Bonchev–Trinajstić information content (AvgIpc) is 2.73. The van der Waals surface area contributed by atoms with E-state index in [0.29, 0.717) is 22.9 Å². The highest BCUT2D eigenvalue weighted by Crippen LogP contribution is 2.26. The Labute approximate surface area is 172 Å². The van der Waals surface area contributed by atoms with Crippen LogP contribution in [0.2, 0.25) is 0 Å². The Balaban J connectivity index is 0.000000749. The van der Waals surface area contributed by atoms with Crippen LogP contribution in [-0.2, 0) is 11.4 Å². The lowest BCUT2D eigenvalue weighted by Crippen LogP contribution is -2.04. The number of pyridine rings is 1. The summed E-state index contributed by atoms with van der Waals surface area (Å²) in [6, 6.07) is 12.1. The smallest absolute Gasteiger partial charge is 0.303 e. The summed E-state index contributed by atoms with van der Waals surface area (Å²) in [6.45, 7) is 6.05. The molecule has 1 aromatic carbocycles. The molecular weight excluding hydrogens is 371 g/mol. The van der Waals surface area contributed by atoms with Crippen molar-refractivity contribution in [1.29, 1.82) is 5.26 Å². The number of nitriles is 1. The van der Waals surface area contributed by atoms with Gasteiger partial charge in [-0.1, -0.05) is 45.7 Å². The van der Waals surface area contributed by atoms with Gasteiger partial charge >= 0.3 is 5.97 Å². The normalized spacial score (nSPS) is 10.1. The van der Waals surface area contributed by atoms with E-state index in [1.807, 2.05) is 18.2 Å². The fraction of sp³-hybridized carbons (Fsp3) is 0.435. The Hall–Kier alpha value is -2.94. The predicted molar refractivity (Wildman–Crippen MR) is 110 cm³/mol. The van der Waals surface area contributed by atoms with Gasteiger partial charge in [-0.05, 0) is 31.0 Å². The number of hydrogen-bond acceptors (Lipinski definition) is 4. The summed E-state index contributed by atoms with van der Waals surface area (Å²) in [6.07, 6.45) is 4.67. The van der Waals surface area contributed by atoms with Crippen LogP contribution in [0.15, 0.2) is 36.4 Å². The fourth-order valence-corrected chi connectivity index (χ4v) is 2.76. The largest absolute Gasteiger partial charge is 0.481 e. The summed E-state index contributed by atoms with van der Waals surface area (Å²) in [7, 11) is 0. The molecule has 0 bridgehead atoms. The number of nitrogens with zero attached hydrogens (tertiary/aromatic N) is 2. The number of aliphatic carboxylic acids is 1. The van der Waals surface area contributed by atoms with Crippen LogP contribution in [0.1, 0.15) is 75.6 Å². The molecule has 156 valence electrons. The quantitative estimate of drug-likeness (QED) is 0.572. The van der Waals surface area contributed by atoms with E-state index < -0.39 is 11.8 Å². The minimum absolute atomic E-state index is 0.0974. The summed E-state index contributed by atoms with van der Waals surface area (Å²) in [5, 5.41) is 16.5. The topological polar surface area (TPSA) is 83.2 Å². The molecule has 1 N–H and O–H groups in total. The summed E-state index contributed by atoms with van der Waals surface area (Å²) in [5.74, 6) is -0.228. The Morgan fingerprint density at radius 3 is 2.38 bits per heavy atom. The number of rotatable bonds is 9. The lowest BCUT2D eigenvalue weighted by molar-refractivity contribution is -0.136. The van der Waals surface area contributed by atoms with Crippen LogP contribution < -0.4 is 4.74 Å². The number of carboxylic acid groups (broad SMARTS) is 1. The summed E-state index contributed by atoms with van der Waals surface area (Å²) in [4.78, 5) is 14.0. The van der Waals surface area contributed by atoms with Crippen molar-refractivity contribution in [1.82, 2.24) is 4.98 Å². The van der Waals surface area contributed by atoms with Crippen LogP contribution in [0.5, 0.6) is 5.88 Å². The van der Waals surface area contributed by atoms with Gasteiger partial charge in [-0.3, -0.25) is 4.79 Å². The number of carboxylic acids is 1. The SMILES string of the molecule is CCC(=O)O.CCCC(CCC)c1cccc(OCc2ccc(C#N)cc2F)n1. The van der Waals surface area contributed by atoms with Crippen molar-refractivity contribution in [3.63, 3.8) is 0 Å². The first-order valence-corrected chi connectivity index (χ1v) is 9.95. The van der Waals surface area contributed by atoms with Crippen LogP contribution in [-0.4, -0.2) is 16.1 Å². The number of ether oxygens (including phenoxy) is 1. The zero-order chi connectivity index (χ0) is 21.6. The van der Waals surface area contributed by atoms with Crippen LogP contribution in [0.3, 0.4) is 0 Å². The van der Waals surface area contributed by atoms with Gasteiger partial charge in [-0.15, -0.1) is 0 Å². The molecule has 0 saturated carbocycles. The van der Waals surface area contributed by atoms with Crippen molar-refractivity contribution in [2.45, 2.75) is 65.4 Å². The predicted octanol–water partition coefficient (Wildman–Crippen LogP) is 5.84. The monoisotopic (exact) mass is 400 g/mol. The van der Waals surface area contributed by atoms with Crippen LogP contribution in [0.25, 0.3) is 0 Å². The second-order valence-electron chi connectivity index (χ2n) is 6.63. The Morgan fingerprint density at radius 2 is 1.86 bits per heavy atom. The van der Waals surface area contributed by atoms with Crippen molar-refractivity contribution in [2.24, 2.45) is 0 Å². The molecule has 5 nitrogen and oxygen atoms in total. The van der Waals surface area contributed by atoms with Gasteiger partial charge in [0.25, 0.3) is 0 Å². The lowest BCUT2D eigenvalue weighted by Gasteiger charge is -2.15. The highest BCUT2D eigenvalue weighted by atomic mass is 19.1. The van der Waals surface area contributed by atoms with Gasteiger partial charge in [0.05, 0.1) is 11.6 Å². The highest BCUT2D eigenvalue weighted by Gasteiger charge is 2.12. The Kier molecular flexibility index (Phi) is 11.0. The molecule has 0 atom stereocenters. The van der Waals surface area contributed by atoms with E-state index in [9.17, 15) is 9.18 Å². The molecule has 29 heavy (non-hydrogen) atoms. The van der Waals surface area contributed by atoms with Crippen molar-refractivity contribution in [2.75, 3.05) is 0 Å². The molecule has 0 radical (unpaired) electrons. The van der Waals surface area contributed by atoms with E-state index in [4.69, 9.17) is 15.1 Å². The molecule has 2 aromatic rings. The standard InChI is InChI=1S/C20H23FN2O.C3H6O2/c1-3-6-16(7-4-2)19-8-5-9-20(23-19)24-14-17-11-10-15(13-22)12-18(17)21;1-2-3(4)5/h5,8-12,16H,3-4,6-7,14H2,1-2H3;2H2,1H3,(H,4,5). The minimum atomic E-state index is -0.745. The van der Waals surface area contributed by atoms with Crippen LogP contribution >= 0.6 is 0 Å². The van der Waals surface area contributed by atoms with Gasteiger partial charge in [0, 0.05) is 29.7 Å². The molecule has 6 heteroatoms. The fourth-order valence-electron chi connectivity index (χ4n) is 2.76. The van der Waals surface area contributed by atoms with Gasteiger partial charge in [0.1, 0.15) is 12.4 Å². The average molecular weight is 400 g/mol. The second kappa shape index (κ2) is 13.3. The van der Waals surface area contributed by atoms with E-state index in [-0.39, 0.29) is 13.0 Å². The lowest BCUT2D eigenvalue weighted by atomic mass is 9.94. The number of carbonyl (C=O) groups is 1. The summed E-state index contributed by atoms with van der Waals surface area (Å²) < 4.78 is 19.6. The van der Waals surface area contributed by atoms with Gasteiger partial charge in [-0.2, -0.15) is 5.26 Å². The number of aromatic nitrogens is 1. The molecule has 2 rings (SSSR count). The number of halogens is 1. The number of hydrogen-bond donors (Lipinski definition) is 1. The van der Waals surface area contributed by atoms with E-state index in [1.165, 1.54) is 6.07 Å². The van der Waals surface area contributed by atoms with Crippen molar-refractivity contribution >= 4 is 5.97 Å². The summed E-state index contributed by atoms with van der Waals surface area (Å²) in [5.41, 5.74) is 1.76. The molecular formula is C23H29FN2O3. The molecule has 0 aliphatic heterocycles. The zero-order valence-electron chi connectivity index (χ0n) is 17.3. The third-order valence-corrected chi connectivity index (χ3v) is 4.30. The zero-order valence-corrected chi connectivity index (χ0v) is 17.3. The first-order valence-electron chi connectivity index (χ1n) is 9.95. The molecule has 0 aliphatic rings. The Bertz CT molecular complexity index is 812. The maximum atomic E-state index is 13.9. The van der Waals surface area contributed by atoms with Crippen LogP contribution in [0.4, 0.5) is 4.39 Å². The minimum Gasteiger partial charge on any atom is -0.481 e.